The molecule has 2 nitrogen and oxygen atoms in total. The van der Waals surface area contributed by atoms with Crippen molar-refractivity contribution in [3.05, 3.63) is 34.1 Å². The zero-order valence-corrected chi connectivity index (χ0v) is 13.2. The van der Waals surface area contributed by atoms with E-state index in [0.29, 0.717) is 16.4 Å². The number of benzene rings is 1. The van der Waals surface area contributed by atoms with E-state index in [-0.39, 0.29) is 5.82 Å². The van der Waals surface area contributed by atoms with Crippen LogP contribution in [0.3, 0.4) is 0 Å². The molecule has 1 aromatic rings. The molecule has 2 unspecified atom stereocenters. The first-order valence-corrected chi connectivity index (χ1v) is 7.79. The molecule has 1 aliphatic rings. The van der Waals surface area contributed by atoms with Crippen molar-refractivity contribution < 1.29 is 4.39 Å². The Kier molecular flexibility index (Phi) is 5.37. The normalized spacial score (nSPS) is 22.4. The summed E-state index contributed by atoms with van der Waals surface area (Å²) in [5.74, 6) is 0.504. The monoisotopic (exact) mass is 328 g/mol. The van der Waals surface area contributed by atoms with Gasteiger partial charge in [-0.15, -0.1) is 0 Å². The molecule has 1 saturated heterocycles. The molecular weight excluding hydrogens is 307 g/mol. The highest BCUT2D eigenvalue weighted by Crippen LogP contribution is 2.19. The van der Waals surface area contributed by atoms with Crippen LogP contribution in [-0.2, 0) is 6.54 Å². The summed E-state index contributed by atoms with van der Waals surface area (Å²) in [5.41, 5.74) is 1.16. The highest BCUT2D eigenvalue weighted by Gasteiger charge is 2.23. The van der Waals surface area contributed by atoms with E-state index in [1.165, 1.54) is 12.5 Å². The second-order valence-corrected chi connectivity index (χ2v) is 6.28. The lowest BCUT2D eigenvalue weighted by Gasteiger charge is -2.36. The first-order chi connectivity index (χ1) is 9.10. The van der Waals surface area contributed by atoms with Crippen LogP contribution in [0.4, 0.5) is 4.39 Å². The van der Waals surface area contributed by atoms with Gasteiger partial charge in [-0.3, -0.25) is 4.90 Å². The smallest absolute Gasteiger partial charge is 0.137 e. The standard InChI is InChI=1S/C15H22BrFN2/c1-3-11(2)15-10-19(7-6-18-15)9-12-4-5-14(17)13(16)8-12/h4-5,8,11,15,18H,3,6-7,9-10H2,1-2H3. The van der Waals surface area contributed by atoms with Gasteiger partial charge in [-0.2, -0.15) is 0 Å². The van der Waals surface area contributed by atoms with Gasteiger partial charge >= 0.3 is 0 Å². The van der Waals surface area contributed by atoms with Crippen molar-refractivity contribution in [3.8, 4) is 0 Å². The minimum atomic E-state index is -0.193. The summed E-state index contributed by atoms with van der Waals surface area (Å²) < 4.78 is 13.8. The lowest BCUT2D eigenvalue weighted by Crippen LogP contribution is -2.52. The van der Waals surface area contributed by atoms with Crippen molar-refractivity contribution in [2.45, 2.75) is 32.9 Å². The van der Waals surface area contributed by atoms with Crippen LogP contribution < -0.4 is 5.32 Å². The van der Waals surface area contributed by atoms with E-state index in [1.54, 1.807) is 0 Å². The topological polar surface area (TPSA) is 15.3 Å². The van der Waals surface area contributed by atoms with Crippen LogP contribution in [0.15, 0.2) is 22.7 Å². The second-order valence-electron chi connectivity index (χ2n) is 5.43. The van der Waals surface area contributed by atoms with Crippen LogP contribution in [0.25, 0.3) is 0 Å². The summed E-state index contributed by atoms with van der Waals surface area (Å²) in [6.45, 7) is 8.61. The molecule has 0 radical (unpaired) electrons. The van der Waals surface area contributed by atoms with Gasteiger partial charge in [0.2, 0.25) is 0 Å². The minimum Gasteiger partial charge on any atom is -0.311 e. The van der Waals surface area contributed by atoms with Crippen LogP contribution >= 0.6 is 15.9 Å². The SMILES string of the molecule is CCC(C)C1CN(Cc2ccc(F)c(Br)c2)CCN1. The van der Waals surface area contributed by atoms with E-state index < -0.39 is 0 Å². The molecule has 4 heteroatoms. The summed E-state index contributed by atoms with van der Waals surface area (Å²) >= 11 is 3.25. The molecule has 106 valence electrons. The number of nitrogens with one attached hydrogen (secondary N) is 1. The summed E-state index contributed by atoms with van der Waals surface area (Å²) in [7, 11) is 0. The number of rotatable bonds is 4. The van der Waals surface area contributed by atoms with Gasteiger partial charge in [-0.1, -0.05) is 26.3 Å². The van der Waals surface area contributed by atoms with E-state index in [4.69, 9.17) is 0 Å². The Morgan fingerprint density at radius 2 is 2.32 bits per heavy atom. The molecule has 1 N–H and O–H groups in total. The number of piperazine rings is 1. The maximum absolute atomic E-state index is 13.2. The van der Waals surface area contributed by atoms with Crippen LogP contribution in [0.2, 0.25) is 0 Å². The molecule has 19 heavy (non-hydrogen) atoms. The lowest BCUT2D eigenvalue weighted by atomic mass is 9.97. The molecular formula is C15H22BrFN2. The van der Waals surface area contributed by atoms with Gasteiger partial charge in [-0.25, -0.2) is 4.39 Å². The van der Waals surface area contributed by atoms with Crippen LogP contribution in [0, 0.1) is 11.7 Å². The Bertz CT molecular complexity index is 425. The fourth-order valence-electron chi connectivity index (χ4n) is 2.55. The minimum absolute atomic E-state index is 0.193. The number of hydrogen-bond acceptors (Lipinski definition) is 2. The van der Waals surface area contributed by atoms with Crippen molar-refractivity contribution in [1.29, 1.82) is 0 Å². The average molecular weight is 329 g/mol. The van der Waals surface area contributed by atoms with Gasteiger partial charge in [-0.05, 0) is 39.5 Å². The van der Waals surface area contributed by atoms with Crippen LogP contribution in [0.1, 0.15) is 25.8 Å². The zero-order valence-electron chi connectivity index (χ0n) is 11.6. The van der Waals surface area contributed by atoms with Gasteiger partial charge in [0.25, 0.3) is 0 Å². The first-order valence-electron chi connectivity index (χ1n) is 6.99. The molecule has 0 spiro atoms. The summed E-state index contributed by atoms with van der Waals surface area (Å²) in [4.78, 5) is 2.45. The van der Waals surface area contributed by atoms with Crippen molar-refractivity contribution >= 4 is 15.9 Å². The van der Waals surface area contributed by atoms with E-state index in [9.17, 15) is 4.39 Å². The molecule has 1 aliphatic heterocycles. The Hall–Kier alpha value is -0.450. The van der Waals surface area contributed by atoms with Gasteiger partial charge in [0, 0.05) is 32.2 Å². The van der Waals surface area contributed by atoms with Gasteiger partial charge in [0.05, 0.1) is 4.47 Å². The second kappa shape index (κ2) is 6.82. The van der Waals surface area contributed by atoms with E-state index in [0.717, 1.165) is 31.7 Å². The van der Waals surface area contributed by atoms with Crippen molar-refractivity contribution in [1.82, 2.24) is 10.2 Å². The Balaban J connectivity index is 1.96. The Morgan fingerprint density at radius 3 is 3.00 bits per heavy atom. The summed E-state index contributed by atoms with van der Waals surface area (Å²) in [6.07, 6.45) is 1.20. The third-order valence-corrected chi connectivity index (χ3v) is 4.62. The third kappa shape index (κ3) is 4.01. The average Bonchev–Trinajstić information content (AvgIpc) is 2.42. The first kappa shape index (κ1) is 14.9. The molecule has 0 amide bonds. The van der Waals surface area contributed by atoms with Crippen LogP contribution in [-0.4, -0.2) is 30.6 Å². The van der Waals surface area contributed by atoms with Crippen molar-refractivity contribution in [2.24, 2.45) is 5.92 Å². The van der Waals surface area contributed by atoms with E-state index >= 15 is 0 Å². The number of nitrogens with zero attached hydrogens (tertiary/aromatic N) is 1. The lowest BCUT2D eigenvalue weighted by molar-refractivity contribution is 0.162. The maximum Gasteiger partial charge on any atom is 0.137 e. The maximum atomic E-state index is 13.2. The summed E-state index contributed by atoms with van der Waals surface area (Å²) in [5, 5.41) is 3.60. The molecule has 1 aromatic carbocycles. The number of hydrogen-bond donors (Lipinski definition) is 1. The van der Waals surface area contributed by atoms with E-state index in [1.807, 2.05) is 12.1 Å². The third-order valence-electron chi connectivity index (χ3n) is 4.01. The Labute approximate surface area is 123 Å². The molecule has 0 aromatic heterocycles. The zero-order chi connectivity index (χ0) is 13.8. The molecule has 0 aliphatic carbocycles. The van der Waals surface area contributed by atoms with Crippen LogP contribution in [0.5, 0.6) is 0 Å². The molecule has 1 fully saturated rings. The molecule has 2 rings (SSSR count). The summed E-state index contributed by atoms with van der Waals surface area (Å²) in [6, 6.07) is 5.87. The molecule has 2 atom stereocenters. The fraction of sp³-hybridized carbons (Fsp3) is 0.600. The van der Waals surface area contributed by atoms with Crippen molar-refractivity contribution in [2.75, 3.05) is 19.6 Å². The Morgan fingerprint density at radius 1 is 1.53 bits per heavy atom. The predicted molar refractivity (Wildman–Crippen MR) is 80.6 cm³/mol. The van der Waals surface area contributed by atoms with E-state index in [2.05, 4.69) is 40.0 Å². The highest BCUT2D eigenvalue weighted by atomic mass is 79.9. The van der Waals surface area contributed by atoms with Gasteiger partial charge < -0.3 is 5.32 Å². The molecule has 0 bridgehead atoms. The molecule has 1 heterocycles. The van der Waals surface area contributed by atoms with Gasteiger partial charge in [0.15, 0.2) is 0 Å². The largest absolute Gasteiger partial charge is 0.311 e. The van der Waals surface area contributed by atoms with Crippen molar-refractivity contribution in [3.63, 3.8) is 0 Å². The fourth-order valence-corrected chi connectivity index (χ4v) is 2.97. The van der Waals surface area contributed by atoms with Gasteiger partial charge in [0.1, 0.15) is 5.82 Å². The quantitative estimate of drug-likeness (QED) is 0.911. The molecule has 0 saturated carbocycles. The highest BCUT2D eigenvalue weighted by molar-refractivity contribution is 9.10. The number of halogens is 2. The predicted octanol–water partition coefficient (Wildman–Crippen LogP) is 3.41.